The van der Waals surface area contributed by atoms with Gasteiger partial charge in [0, 0.05) is 11.8 Å². The largest absolute Gasteiger partial charge is 0.493 e. The first-order valence-electron chi connectivity index (χ1n) is 6.61. The minimum atomic E-state index is 0.591. The third kappa shape index (κ3) is 3.55. The average molecular weight is 279 g/mol. The SMILES string of the molecule is CCC.COc1cc([NH2+]O)cnc1-n1cnc(C)c1C. The Bertz CT molecular complexity index is 552. The molecule has 0 aromatic carbocycles. The first-order valence-corrected chi connectivity index (χ1v) is 6.61. The second-order valence-corrected chi connectivity index (χ2v) is 4.42. The summed E-state index contributed by atoms with van der Waals surface area (Å²) in [5, 5.41) is 8.94. The lowest BCUT2D eigenvalue weighted by molar-refractivity contribution is -0.825. The summed E-state index contributed by atoms with van der Waals surface area (Å²) in [6, 6.07) is 1.72. The predicted molar refractivity (Wildman–Crippen MR) is 76.7 cm³/mol. The van der Waals surface area contributed by atoms with E-state index in [-0.39, 0.29) is 0 Å². The van der Waals surface area contributed by atoms with Crippen LogP contribution in [0.1, 0.15) is 31.7 Å². The average Bonchev–Trinajstić information content (AvgIpc) is 2.79. The van der Waals surface area contributed by atoms with Gasteiger partial charge >= 0.3 is 0 Å². The maximum Gasteiger partial charge on any atom is 0.184 e. The Morgan fingerprint density at radius 1 is 1.30 bits per heavy atom. The first kappa shape index (κ1) is 16.1. The number of aromatic nitrogens is 3. The molecule has 0 fully saturated rings. The van der Waals surface area contributed by atoms with Crippen LogP contribution in [-0.2, 0) is 0 Å². The highest BCUT2D eigenvalue weighted by Crippen LogP contribution is 2.23. The molecule has 0 saturated carbocycles. The maximum atomic E-state index is 8.94. The molecule has 0 unspecified atom stereocenters. The Labute approximate surface area is 119 Å². The van der Waals surface area contributed by atoms with Gasteiger partial charge in [0.1, 0.15) is 6.33 Å². The molecule has 0 bridgehead atoms. The molecular weight excluding hydrogens is 256 g/mol. The van der Waals surface area contributed by atoms with Crippen LogP contribution in [0.15, 0.2) is 18.6 Å². The number of methoxy groups -OCH3 is 1. The molecule has 6 heteroatoms. The third-order valence-electron chi connectivity index (χ3n) is 2.70. The zero-order valence-corrected chi connectivity index (χ0v) is 12.7. The van der Waals surface area contributed by atoms with E-state index in [1.807, 2.05) is 18.4 Å². The van der Waals surface area contributed by atoms with Crippen molar-refractivity contribution in [3.05, 3.63) is 30.0 Å². The number of ether oxygens (including phenoxy) is 1. The van der Waals surface area contributed by atoms with E-state index in [0.29, 0.717) is 17.3 Å². The molecule has 0 radical (unpaired) electrons. The Morgan fingerprint density at radius 2 is 1.95 bits per heavy atom. The monoisotopic (exact) mass is 279 g/mol. The van der Waals surface area contributed by atoms with Crippen molar-refractivity contribution < 1.29 is 15.4 Å². The highest BCUT2D eigenvalue weighted by atomic mass is 16.5. The third-order valence-corrected chi connectivity index (χ3v) is 2.70. The molecular formula is C14H23N4O2+. The van der Waals surface area contributed by atoms with Crippen LogP contribution in [0.5, 0.6) is 5.75 Å². The highest BCUT2D eigenvalue weighted by Gasteiger charge is 2.13. The molecule has 110 valence electrons. The van der Waals surface area contributed by atoms with Gasteiger partial charge in [-0.05, 0) is 13.8 Å². The van der Waals surface area contributed by atoms with E-state index in [4.69, 9.17) is 9.94 Å². The fraction of sp³-hybridized carbons (Fsp3) is 0.429. The molecule has 3 N–H and O–H groups in total. The van der Waals surface area contributed by atoms with Gasteiger partial charge in [0.05, 0.1) is 19.0 Å². The van der Waals surface area contributed by atoms with Crippen molar-refractivity contribution in [3.8, 4) is 11.6 Å². The van der Waals surface area contributed by atoms with Crippen LogP contribution >= 0.6 is 0 Å². The van der Waals surface area contributed by atoms with Crippen LogP contribution in [0.25, 0.3) is 5.82 Å². The molecule has 0 atom stereocenters. The lowest BCUT2D eigenvalue weighted by atomic mass is 10.3. The molecule has 0 amide bonds. The van der Waals surface area contributed by atoms with Gasteiger partial charge in [-0.1, -0.05) is 20.3 Å². The summed E-state index contributed by atoms with van der Waals surface area (Å²) in [6.07, 6.45) is 4.53. The number of nitrogens with two attached hydrogens (primary N) is 1. The number of hydrogen-bond donors (Lipinski definition) is 2. The summed E-state index contributed by atoms with van der Waals surface area (Å²) >= 11 is 0. The van der Waals surface area contributed by atoms with Crippen molar-refractivity contribution in [2.45, 2.75) is 34.1 Å². The first-order chi connectivity index (χ1) is 9.58. The molecule has 0 aliphatic heterocycles. The van der Waals surface area contributed by atoms with Crippen LogP contribution in [0.4, 0.5) is 5.69 Å². The van der Waals surface area contributed by atoms with E-state index < -0.39 is 0 Å². The predicted octanol–water partition coefficient (Wildman–Crippen LogP) is 1.89. The van der Waals surface area contributed by atoms with Gasteiger partial charge in [-0.2, -0.15) is 5.48 Å². The Morgan fingerprint density at radius 3 is 2.40 bits per heavy atom. The van der Waals surface area contributed by atoms with Gasteiger partial charge in [0.15, 0.2) is 17.3 Å². The fourth-order valence-corrected chi connectivity index (χ4v) is 1.57. The molecule has 0 aliphatic carbocycles. The van der Waals surface area contributed by atoms with Crippen LogP contribution in [0.3, 0.4) is 0 Å². The van der Waals surface area contributed by atoms with Crippen LogP contribution in [0, 0.1) is 13.8 Å². The number of pyridine rings is 1. The summed E-state index contributed by atoms with van der Waals surface area (Å²) in [6.45, 7) is 8.16. The normalized spacial score (nSPS) is 9.90. The molecule has 2 rings (SSSR count). The van der Waals surface area contributed by atoms with Crippen molar-refractivity contribution in [2.75, 3.05) is 7.11 Å². The molecule has 2 heterocycles. The zero-order chi connectivity index (χ0) is 15.1. The molecule has 0 saturated heterocycles. The minimum absolute atomic E-state index is 0.591. The van der Waals surface area contributed by atoms with Crippen molar-refractivity contribution >= 4 is 5.69 Å². The summed E-state index contributed by atoms with van der Waals surface area (Å²) in [5.41, 5.74) is 3.55. The second kappa shape index (κ2) is 7.62. The molecule has 20 heavy (non-hydrogen) atoms. The number of nitrogens with zero attached hydrogens (tertiary/aromatic N) is 3. The van der Waals surface area contributed by atoms with Crippen LogP contribution in [-0.4, -0.2) is 26.9 Å². The van der Waals surface area contributed by atoms with Crippen molar-refractivity contribution in [2.24, 2.45) is 0 Å². The van der Waals surface area contributed by atoms with Crippen molar-refractivity contribution in [3.63, 3.8) is 0 Å². The van der Waals surface area contributed by atoms with Gasteiger partial charge in [-0.3, -0.25) is 4.57 Å². The molecule has 0 aliphatic rings. The summed E-state index contributed by atoms with van der Waals surface area (Å²) in [4.78, 5) is 8.49. The number of imidazole rings is 1. The van der Waals surface area contributed by atoms with Gasteiger partial charge < -0.3 is 4.74 Å². The standard InChI is InChI=1S/C11H14N4O2.C3H8/c1-7-8(2)15(6-13-7)11-10(17-3)4-9(14-16)5-12-11;1-3-2/h4-6,14,16H,1-3H3;3H2,1-2H3/p+1. The summed E-state index contributed by atoms with van der Waals surface area (Å²) in [5.74, 6) is 1.25. The molecule has 2 aromatic rings. The highest BCUT2D eigenvalue weighted by molar-refractivity contribution is 5.47. The molecule has 2 aromatic heterocycles. The lowest BCUT2D eigenvalue weighted by Crippen LogP contribution is -2.73. The Kier molecular flexibility index (Phi) is 6.14. The van der Waals surface area contributed by atoms with E-state index in [0.717, 1.165) is 16.9 Å². The second-order valence-electron chi connectivity index (χ2n) is 4.42. The Balaban J connectivity index is 0.000000612. The molecule has 6 nitrogen and oxygen atoms in total. The summed E-state index contributed by atoms with van der Waals surface area (Å²) in [7, 11) is 1.57. The summed E-state index contributed by atoms with van der Waals surface area (Å²) < 4.78 is 7.12. The van der Waals surface area contributed by atoms with Crippen molar-refractivity contribution in [1.29, 1.82) is 0 Å². The van der Waals surface area contributed by atoms with Crippen molar-refractivity contribution in [1.82, 2.24) is 14.5 Å². The number of hydrogen-bond acceptors (Lipinski definition) is 4. The van der Waals surface area contributed by atoms with Crippen LogP contribution < -0.4 is 10.2 Å². The van der Waals surface area contributed by atoms with E-state index in [9.17, 15) is 0 Å². The smallest absolute Gasteiger partial charge is 0.184 e. The lowest BCUT2D eigenvalue weighted by Gasteiger charge is -2.09. The van der Waals surface area contributed by atoms with Gasteiger partial charge in [0.2, 0.25) is 0 Å². The van der Waals surface area contributed by atoms with Gasteiger partial charge in [0.25, 0.3) is 0 Å². The quantitative estimate of drug-likeness (QED) is 0.841. The van der Waals surface area contributed by atoms with Gasteiger partial charge in [-0.15, -0.1) is 0 Å². The van der Waals surface area contributed by atoms with E-state index in [1.165, 1.54) is 6.42 Å². The van der Waals surface area contributed by atoms with E-state index in [1.54, 1.807) is 25.7 Å². The number of aryl methyl sites for hydroxylation is 1. The Hall–Kier alpha value is -1.92. The molecule has 0 spiro atoms. The maximum absolute atomic E-state index is 8.94. The fourth-order valence-electron chi connectivity index (χ4n) is 1.57. The number of quaternary nitrogens is 1. The van der Waals surface area contributed by atoms with Crippen LogP contribution in [0.2, 0.25) is 0 Å². The zero-order valence-electron chi connectivity index (χ0n) is 12.7. The number of rotatable bonds is 3. The van der Waals surface area contributed by atoms with E-state index >= 15 is 0 Å². The van der Waals surface area contributed by atoms with Gasteiger partial charge in [-0.25, -0.2) is 15.2 Å². The van der Waals surface area contributed by atoms with E-state index in [2.05, 4.69) is 23.8 Å². The topological polar surface area (TPSA) is 76.8 Å². The minimum Gasteiger partial charge on any atom is -0.493 e.